The van der Waals surface area contributed by atoms with Gasteiger partial charge >= 0.3 is 0 Å². The molecule has 0 unspecified atom stereocenters. The minimum atomic E-state index is -4.18. The predicted octanol–water partition coefficient (Wildman–Crippen LogP) is 5.02. The Morgan fingerprint density at radius 1 is 0.810 bits per heavy atom. The summed E-state index contributed by atoms with van der Waals surface area (Å²) in [6.07, 6.45) is 0.197. The van der Waals surface area contributed by atoms with Gasteiger partial charge in [-0.2, -0.15) is 0 Å². The van der Waals surface area contributed by atoms with Crippen LogP contribution in [0.25, 0.3) is 0 Å². The number of nitrogens with one attached hydrogen (secondary N) is 1. The maximum atomic E-state index is 14.3. The number of para-hydroxylation sites is 1. The molecule has 0 aliphatic heterocycles. The first kappa shape index (κ1) is 30.5. The maximum absolute atomic E-state index is 14.3. The number of hydrogen-bond donors (Lipinski definition) is 1. The molecular formula is C33H34FN3O4S. The molecule has 4 aromatic carbocycles. The summed E-state index contributed by atoms with van der Waals surface area (Å²) < 4.78 is 42.9. The topological polar surface area (TPSA) is 86.8 Å². The van der Waals surface area contributed by atoms with Crippen LogP contribution in [0.5, 0.6) is 0 Å². The third-order valence-corrected chi connectivity index (χ3v) is 8.83. The minimum Gasteiger partial charge on any atom is -0.357 e. The number of carbonyl (C=O) groups is 2. The molecule has 0 saturated heterocycles. The molecule has 0 fully saturated rings. The fraction of sp³-hybridized carbons (Fsp3) is 0.212. The highest BCUT2D eigenvalue weighted by molar-refractivity contribution is 7.92. The van der Waals surface area contributed by atoms with Crippen LogP contribution < -0.4 is 9.62 Å². The van der Waals surface area contributed by atoms with Crippen molar-refractivity contribution in [1.82, 2.24) is 10.2 Å². The summed E-state index contributed by atoms with van der Waals surface area (Å²) in [5, 5.41) is 2.65. The Kier molecular flexibility index (Phi) is 9.75. The molecule has 0 heterocycles. The molecule has 0 bridgehead atoms. The van der Waals surface area contributed by atoms with Crippen molar-refractivity contribution in [3.8, 4) is 0 Å². The zero-order chi connectivity index (χ0) is 30.3. The van der Waals surface area contributed by atoms with Crippen LogP contribution in [0.4, 0.5) is 10.1 Å². The van der Waals surface area contributed by atoms with Gasteiger partial charge in [0.05, 0.1) is 10.6 Å². The lowest BCUT2D eigenvalue weighted by atomic mass is 10.0. The van der Waals surface area contributed by atoms with E-state index in [1.54, 1.807) is 55.5 Å². The van der Waals surface area contributed by atoms with E-state index in [1.807, 2.05) is 37.3 Å². The van der Waals surface area contributed by atoms with Crippen molar-refractivity contribution in [2.24, 2.45) is 0 Å². The molecule has 9 heteroatoms. The highest BCUT2D eigenvalue weighted by Crippen LogP contribution is 2.28. The van der Waals surface area contributed by atoms with Gasteiger partial charge in [0, 0.05) is 20.0 Å². The first-order valence-corrected chi connectivity index (χ1v) is 15.0. The van der Waals surface area contributed by atoms with Crippen molar-refractivity contribution in [2.45, 2.75) is 37.8 Å². The van der Waals surface area contributed by atoms with E-state index in [0.29, 0.717) is 16.8 Å². The van der Waals surface area contributed by atoms with E-state index >= 15 is 0 Å². The molecule has 0 radical (unpaired) electrons. The Balaban J connectivity index is 1.79. The summed E-state index contributed by atoms with van der Waals surface area (Å²) in [5.74, 6) is -1.42. The third kappa shape index (κ3) is 7.22. The fourth-order valence-electron chi connectivity index (χ4n) is 4.70. The highest BCUT2D eigenvalue weighted by atomic mass is 32.2. The Bertz CT molecular complexity index is 1630. The number of anilines is 1. The summed E-state index contributed by atoms with van der Waals surface area (Å²) in [6, 6.07) is 27.3. The molecule has 0 aliphatic carbocycles. The molecule has 0 aromatic heterocycles. The molecule has 0 aliphatic rings. The van der Waals surface area contributed by atoms with Crippen LogP contribution in [-0.2, 0) is 32.6 Å². The lowest BCUT2D eigenvalue weighted by Gasteiger charge is -2.34. The van der Waals surface area contributed by atoms with Gasteiger partial charge in [-0.05, 0) is 60.9 Å². The summed E-state index contributed by atoms with van der Waals surface area (Å²) in [5.41, 5.74) is 3.33. The normalized spacial score (nSPS) is 11.9. The number of carbonyl (C=O) groups excluding carboxylic acids is 2. The molecule has 42 heavy (non-hydrogen) atoms. The molecule has 4 aromatic rings. The fourth-order valence-corrected chi connectivity index (χ4v) is 6.18. The SMILES string of the molecule is CNC(=O)[C@H](Cc1ccccc1)N(Cc1ccc(F)cc1)C(=O)CN(c1ccccc1C)S(=O)(=O)c1ccc(C)cc1. The molecule has 4 rings (SSSR count). The number of amides is 2. The van der Waals surface area contributed by atoms with Crippen LogP contribution in [0, 0.1) is 19.7 Å². The standard InChI is InChI=1S/C33H34FN3O4S/c1-24-13-19-29(20-14-24)42(40,41)37(30-12-8-7-9-25(30)2)23-32(38)36(22-27-15-17-28(34)18-16-27)31(33(39)35-3)21-26-10-5-4-6-11-26/h4-20,31H,21-23H2,1-3H3,(H,35,39)/t31-/m0/s1. The van der Waals surface area contributed by atoms with Crippen molar-refractivity contribution in [1.29, 1.82) is 0 Å². The van der Waals surface area contributed by atoms with Gasteiger partial charge in [-0.25, -0.2) is 12.8 Å². The summed E-state index contributed by atoms with van der Waals surface area (Å²) in [6.45, 7) is 3.05. The van der Waals surface area contributed by atoms with Crippen LogP contribution >= 0.6 is 0 Å². The zero-order valence-corrected chi connectivity index (χ0v) is 24.6. The van der Waals surface area contributed by atoms with Gasteiger partial charge in [0.2, 0.25) is 11.8 Å². The number of hydrogen-bond acceptors (Lipinski definition) is 4. The Hall–Kier alpha value is -4.50. The van der Waals surface area contributed by atoms with Gasteiger partial charge in [0.25, 0.3) is 10.0 Å². The molecule has 2 amide bonds. The number of aryl methyl sites for hydroxylation is 2. The van der Waals surface area contributed by atoms with Crippen molar-refractivity contribution < 1.29 is 22.4 Å². The number of benzene rings is 4. The van der Waals surface area contributed by atoms with Gasteiger partial charge < -0.3 is 10.2 Å². The lowest BCUT2D eigenvalue weighted by molar-refractivity contribution is -0.139. The minimum absolute atomic E-state index is 0.0315. The summed E-state index contributed by atoms with van der Waals surface area (Å²) in [4.78, 5) is 28.9. The van der Waals surface area contributed by atoms with Crippen LogP contribution in [0.1, 0.15) is 22.3 Å². The van der Waals surface area contributed by atoms with Gasteiger partial charge in [0.1, 0.15) is 18.4 Å². The molecule has 0 spiro atoms. The third-order valence-electron chi connectivity index (χ3n) is 7.06. The Labute approximate surface area is 246 Å². The quantitative estimate of drug-likeness (QED) is 0.267. The van der Waals surface area contributed by atoms with E-state index in [2.05, 4.69) is 5.32 Å². The second kappa shape index (κ2) is 13.4. The molecule has 7 nitrogen and oxygen atoms in total. The van der Waals surface area contributed by atoms with Crippen molar-refractivity contribution in [2.75, 3.05) is 17.9 Å². The van der Waals surface area contributed by atoms with Crippen LogP contribution in [0.15, 0.2) is 108 Å². The summed E-state index contributed by atoms with van der Waals surface area (Å²) >= 11 is 0. The number of sulfonamides is 1. The van der Waals surface area contributed by atoms with E-state index in [4.69, 9.17) is 0 Å². The maximum Gasteiger partial charge on any atom is 0.264 e. The van der Waals surface area contributed by atoms with E-state index < -0.39 is 40.2 Å². The van der Waals surface area contributed by atoms with E-state index in [-0.39, 0.29) is 17.9 Å². The average molecular weight is 588 g/mol. The zero-order valence-electron chi connectivity index (χ0n) is 23.8. The lowest BCUT2D eigenvalue weighted by Crippen LogP contribution is -2.53. The highest BCUT2D eigenvalue weighted by Gasteiger charge is 2.34. The van der Waals surface area contributed by atoms with Crippen LogP contribution in [0.3, 0.4) is 0 Å². The Morgan fingerprint density at radius 2 is 1.43 bits per heavy atom. The summed E-state index contributed by atoms with van der Waals surface area (Å²) in [7, 11) is -2.69. The van der Waals surface area contributed by atoms with Gasteiger partial charge in [-0.15, -0.1) is 0 Å². The number of likely N-dealkylation sites (N-methyl/N-ethyl adjacent to an activating group) is 1. The Morgan fingerprint density at radius 3 is 2.05 bits per heavy atom. The molecule has 218 valence electrons. The van der Waals surface area contributed by atoms with Crippen LogP contribution in [-0.4, -0.2) is 44.8 Å². The van der Waals surface area contributed by atoms with Gasteiger partial charge in [-0.1, -0.05) is 78.4 Å². The van der Waals surface area contributed by atoms with Gasteiger partial charge in [0.15, 0.2) is 0 Å². The van der Waals surface area contributed by atoms with E-state index in [0.717, 1.165) is 15.4 Å². The first-order valence-electron chi connectivity index (χ1n) is 13.5. The molecule has 0 saturated carbocycles. The predicted molar refractivity (Wildman–Crippen MR) is 162 cm³/mol. The second-order valence-corrected chi connectivity index (χ2v) is 11.9. The average Bonchev–Trinajstić information content (AvgIpc) is 2.99. The molecule has 1 atom stereocenters. The second-order valence-electron chi connectivity index (χ2n) is 10.1. The van der Waals surface area contributed by atoms with Gasteiger partial charge in [-0.3, -0.25) is 13.9 Å². The number of halogens is 1. The van der Waals surface area contributed by atoms with Crippen molar-refractivity contribution in [3.05, 3.63) is 131 Å². The van der Waals surface area contributed by atoms with Crippen molar-refractivity contribution >= 4 is 27.5 Å². The monoisotopic (exact) mass is 587 g/mol. The van der Waals surface area contributed by atoms with E-state index in [9.17, 15) is 22.4 Å². The first-order chi connectivity index (χ1) is 20.1. The number of nitrogens with zero attached hydrogens (tertiary/aromatic N) is 2. The molecule has 1 N–H and O–H groups in total. The van der Waals surface area contributed by atoms with E-state index in [1.165, 1.54) is 36.2 Å². The largest absolute Gasteiger partial charge is 0.357 e. The smallest absolute Gasteiger partial charge is 0.264 e. The van der Waals surface area contributed by atoms with Crippen molar-refractivity contribution in [3.63, 3.8) is 0 Å². The van der Waals surface area contributed by atoms with Crippen LogP contribution in [0.2, 0.25) is 0 Å². The number of rotatable bonds is 11. The molecular weight excluding hydrogens is 553 g/mol.